The van der Waals surface area contributed by atoms with Crippen molar-refractivity contribution in [1.29, 1.82) is 0 Å². The van der Waals surface area contributed by atoms with Crippen LogP contribution >= 0.6 is 0 Å². The molecular weight excluding hydrogens is 256 g/mol. The van der Waals surface area contributed by atoms with Crippen LogP contribution in [0.15, 0.2) is 12.1 Å². The van der Waals surface area contributed by atoms with Crippen LogP contribution in [-0.2, 0) is 0 Å². The molecule has 2 aliphatic heterocycles. The molecule has 0 saturated carbocycles. The van der Waals surface area contributed by atoms with Gasteiger partial charge in [-0.3, -0.25) is 4.79 Å². The third-order valence-electron chi connectivity index (χ3n) is 4.20. The molecule has 0 bridgehead atoms. The first kappa shape index (κ1) is 13.3. The van der Waals surface area contributed by atoms with Crippen LogP contribution in [0, 0.1) is 0 Å². The lowest BCUT2D eigenvalue weighted by atomic mass is 9.97. The second-order valence-electron chi connectivity index (χ2n) is 5.47. The zero-order chi connectivity index (χ0) is 13.9. The van der Waals surface area contributed by atoms with E-state index in [-0.39, 0.29) is 11.9 Å². The van der Waals surface area contributed by atoms with Gasteiger partial charge in [-0.2, -0.15) is 0 Å². The summed E-state index contributed by atoms with van der Waals surface area (Å²) < 4.78 is 0. The van der Waals surface area contributed by atoms with Crippen LogP contribution in [0.4, 0.5) is 5.82 Å². The van der Waals surface area contributed by atoms with Crippen molar-refractivity contribution in [1.82, 2.24) is 20.4 Å². The van der Waals surface area contributed by atoms with Crippen LogP contribution in [0.2, 0.25) is 0 Å². The lowest BCUT2D eigenvalue weighted by Gasteiger charge is -2.35. The van der Waals surface area contributed by atoms with Crippen LogP contribution in [0.1, 0.15) is 36.2 Å². The molecule has 108 valence electrons. The molecule has 0 aliphatic carbocycles. The third-order valence-corrected chi connectivity index (χ3v) is 4.20. The number of amides is 1. The molecule has 3 heterocycles. The van der Waals surface area contributed by atoms with Crippen molar-refractivity contribution < 1.29 is 4.79 Å². The number of aromatic nitrogens is 2. The molecule has 2 fully saturated rings. The van der Waals surface area contributed by atoms with Crippen LogP contribution in [0.3, 0.4) is 0 Å². The average molecular weight is 276 g/mol. The van der Waals surface area contributed by atoms with Gasteiger partial charge in [-0.1, -0.05) is 0 Å². The second kappa shape index (κ2) is 5.72. The quantitative estimate of drug-likeness (QED) is 0.536. The van der Waals surface area contributed by atoms with Crippen molar-refractivity contribution in [3.8, 4) is 0 Å². The Labute approximate surface area is 117 Å². The van der Waals surface area contributed by atoms with Gasteiger partial charge in [0.25, 0.3) is 5.91 Å². The number of hydrogen-bond donors (Lipinski definition) is 3. The third kappa shape index (κ3) is 2.73. The summed E-state index contributed by atoms with van der Waals surface area (Å²) in [6.07, 6.45) is 4.59. The highest BCUT2D eigenvalue weighted by atomic mass is 16.2. The molecule has 3 rings (SSSR count). The minimum absolute atomic E-state index is 0.155. The standard InChI is InChI=1S/C13H20N6O/c14-16-12-4-3-11(17-18-12)13(20)15-9-5-7-19-6-1-2-10(19)8-9/h3-4,9-10H,1-2,5-8,14H2,(H,15,20)(H,16,18). The number of carbonyl (C=O) groups excluding carboxylic acids is 1. The molecule has 4 N–H and O–H groups in total. The van der Waals surface area contributed by atoms with Crippen molar-refractivity contribution in [2.45, 2.75) is 37.8 Å². The van der Waals surface area contributed by atoms with E-state index in [2.05, 4.69) is 25.8 Å². The van der Waals surface area contributed by atoms with Crippen molar-refractivity contribution >= 4 is 11.7 Å². The molecule has 0 radical (unpaired) electrons. The number of nitrogens with one attached hydrogen (secondary N) is 2. The van der Waals surface area contributed by atoms with E-state index in [4.69, 9.17) is 5.84 Å². The molecule has 7 nitrogen and oxygen atoms in total. The maximum atomic E-state index is 12.1. The molecule has 2 saturated heterocycles. The fraction of sp³-hybridized carbons (Fsp3) is 0.615. The Morgan fingerprint density at radius 2 is 2.20 bits per heavy atom. The average Bonchev–Trinajstić information content (AvgIpc) is 2.95. The Hall–Kier alpha value is -1.73. The van der Waals surface area contributed by atoms with Crippen LogP contribution < -0.4 is 16.6 Å². The first-order chi connectivity index (χ1) is 9.76. The van der Waals surface area contributed by atoms with Crippen LogP contribution in [0.25, 0.3) is 0 Å². The maximum Gasteiger partial charge on any atom is 0.272 e. The highest BCUT2D eigenvalue weighted by Gasteiger charge is 2.32. The van der Waals surface area contributed by atoms with E-state index in [9.17, 15) is 4.79 Å². The van der Waals surface area contributed by atoms with E-state index in [1.54, 1.807) is 12.1 Å². The number of anilines is 1. The number of carbonyl (C=O) groups is 1. The summed E-state index contributed by atoms with van der Waals surface area (Å²) in [5.74, 6) is 5.51. The van der Waals surface area contributed by atoms with Crippen molar-refractivity contribution in [3.63, 3.8) is 0 Å². The summed E-state index contributed by atoms with van der Waals surface area (Å²) in [4.78, 5) is 14.7. The van der Waals surface area contributed by atoms with Gasteiger partial charge in [-0.05, 0) is 44.4 Å². The molecular formula is C13H20N6O. The number of hydrazine groups is 1. The van der Waals surface area contributed by atoms with Crippen molar-refractivity contribution in [2.24, 2.45) is 5.84 Å². The number of piperidine rings is 1. The van der Waals surface area contributed by atoms with Gasteiger partial charge in [0.05, 0.1) is 0 Å². The van der Waals surface area contributed by atoms with Gasteiger partial charge in [-0.15, -0.1) is 10.2 Å². The van der Waals surface area contributed by atoms with Crippen LogP contribution in [-0.4, -0.2) is 46.2 Å². The SMILES string of the molecule is NNc1ccc(C(=O)NC2CCN3CCCC3C2)nn1. The van der Waals surface area contributed by atoms with E-state index in [1.165, 1.54) is 19.4 Å². The normalized spacial score (nSPS) is 26.1. The predicted octanol–water partition coefficient (Wildman–Crippen LogP) is 0.119. The van der Waals surface area contributed by atoms with Crippen molar-refractivity contribution in [3.05, 3.63) is 17.8 Å². The summed E-state index contributed by atoms with van der Waals surface area (Å²) in [5, 5.41) is 10.7. The van der Waals surface area contributed by atoms with Gasteiger partial charge in [0.2, 0.25) is 0 Å². The molecule has 2 aliphatic rings. The van der Waals surface area contributed by atoms with Gasteiger partial charge in [0.15, 0.2) is 11.5 Å². The fourth-order valence-electron chi connectivity index (χ4n) is 3.15. The molecule has 0 aromatic carbocycles. The number of fused-ring (bicyclic) bond motifs is 1. The molecule has 1 amide bonds. The van der Waals surface area contributed by atoms with Gasteiger partial charge in [0, 0.05) is 18.6 Å². The van der Waals surface area contributed by atoms with Gasteiger partial charge in [-0.25, -0.2) is 5.84 Å². The predicted molar refractivity (Wildman–Crippen MR) is 74.9 cm³/mol. The first-order valence-electron chi connectivity index (χ1n) is 7.11. The highest BCUT2D eigenvalue weighted by Crippen LogP contribution is 2.26. The van der Waals surface area contributed by atoms with Crippen LogP contribution in [0.5, 0.6) is 0 Å². The monoisotopic (exact) mass is 276 g/mol. The number of hydrogen-bond acceptors (Lipinski definition) is 6. The maximum absolute atomic E-state index is 12.1. The number of rotatable bonds is 3. The molecule has 7 heteroatoms. The Balaban J connectivity index is 1.58. The number of nitrogens with two attached hydrogens (primary N) is 1. The highest BCUT2D eigenvalue weighted by molar-refractivity contribution is 5.92. The number of nitrogens with zero attached hydrogens (tertiary/aromatic N) is 3. The zero-order valence-electron chi connectivity index (χ0n) is 11.4. The van der Waals surface area contributed by atoms with Crippen molar-refractivity contribution in [2.75, 3.05) is 18.5 Å². The van der Waals surface area contributed by atoms with E-state index in [0.717, 1.165) is 19.4 Å². The molecule has 1 aromatic heterocycles. The summed E-state index contributed by atoms with van der Waals surface area (Å²) in [7, 11) is 0. The van der Waals surface area contributed by atoms with E-state index < -0.39 is 0 Å². The van der Waals surface area contributed by atoms with E-state index >= 15 is 0 Å². The lowest BCUT2D eigenvalue weighted by molar-refractivity contribution is 0.0890. The Kier molecular flexibility index (Phi) is 3.79. The Morgan fingerprint density at radius 3 is 2.95 bits per heavy atom. The molecule has 1 aromatic rings. The topological polar surface area (TPSA) is 96.2 Å². The summed E-state index contributed by atoms with van der Waals surface area (Å²) in [6, 6.07) is 4.16. The van der Waals surface area contributed by atoms with Gasteiger partial charge < -0.3 is 15.6 Å². The van der Waals surface area contributed by atoms with Gasteiger partial charge >= 0.3 is 0 Å². The first-order valence-corrected chi connectivity index (χ1v) is 7.11. The largest absolute Gasteiger partial charge is 0.348 e. The smallest absolute Gasteiger partial charge is 0.272 e. The lowest BCUT2D eigenvalue weighted by Crippen LogP contribution is -2.47. The molecule has 2 atom stereocenters. The molecule has 2 unspecified atom stereocenters. The molecule has 20 heavy (non-hydrogen) atoms. The van der Waals surface area contributed by atoms with Gasteiger partial charge in [0.1, 0.15) is 0 Å². The molecule has 0 spiro atoms. The minimum Gasteiger partial charge on any atom is -0.348 e. The summed E-state index contributed by atoms with van der Waals surface area (Å²) >= 11 is 0. The van der Waals surface area contributed by atoms with E-state index in [0.29, 0.717) is 17.6 Å². The fourth-order valence-corrected chi connectivity index (χ4v) is 3.15. The minimum atomic E-state index is -0.155. The Morgan fingerprint density at radius 1 is 1.30 bits per heavy atom. The Bertz CT molecular complexity index is 476. The number of nitrogen functional groups attached to an aromatic ring is 1. The second-order valence-corrected chi connectivity index (χ2v) is 5.47. The zero-order valence-corrected chi connectivity index (χ0v) is 11.4. The van der Waals surface area contributed by atoms with E-state index in [1.807, 2.05) is 0 Å². The summed E-state index contributed by atoms with van der Waals surface area (Å²) in [6.45, 7) is 2.29. The summed E-state index contributed by atoms with van der Waals surface area (Å²) in [5.41, 5.74) is 2.72.